The SMILES string of the molecule is COCCC(=O)N1CCC(c2cc(COc3cccc(Cl)c3)[nH]n2)C1. The third-order valence-electron chi connectivity index (χ3n) is 4.32. The molecule has 6 nitrogen and oxygen atoms in total. The molecule has 0 aliphatic carbocycles. The van der Waals surface area contributed by atoms with Gasteiger partial charge in [-0.05, 0) is 30.7 Å². The largest absolute Gasteiger partial charge is 0.487 e. The Balaban J connectivity index is 1.52. The van der Waals surface area contributed by atoms with Crippen molar-refractivity contribution in [2.24, 2.45) is 0 Å². The molecule has 134 valence electrons. The molecule has 0 radical (unpaired) electrons. The van der Waals surface area contributed by atoms with Gasteiger partial charge in [-0.3, -0.25) is 9.89 Å². The average molecular weight is 364 g/mol. The second kappa shape index (κ2) is 8.36. The summed E-state index contributed by atoms with van der Waals surface area (Å²) in [4.78, 5) is 13.9. The van der Waals surface area contributed by atoms with E-state index in [0.717, 1.165) is 30.1 Å². The molecule has 0 spiro atoms. The van der Waals surface area contributed by atoms with Crippen molar-refractivity contribution in [1.29, 1.82) is 0 Å². The summed E-state index contributed by atoms with van der Waals surface area (Å²) in [5, 5.41) is 8.05. The number of likely N-dealkylation sites (tertiary alicyclic amines) is 1. The topological polar surface area (TPSA) is 67.4 Å². The highest BCUT2D eigenvalue weighted by Gasteiger charge is 2.28. The lowest BCUT2D eigenvalue weighted by Crippen LogP contribution is -2.29. The van der Waals surface area contributed by atoms with Crippen LogP contribution in [0.25, 0.3) is 0 Å². The number of halogens is 1. The summed E-state index contributed by atoms with van der Waals surface area (Å²) in [6.07, 6.45) is 1.36. The van der Waals surface area contributed by atoms with Crippen LogP contribution in [0, 0.1) is 0 Å². The molecule has 2 heterocycles. The van der Waals surface area contributed by atoms with Gasteiger partial charge in [0, 0.05) is 31.1 Å². The van der Waals surface area contributed by atoms with Crippen LogP contribution >= 0.6 is 11.6 Å². The number of methoxy groups -OCH3 is 1. The van der Waals surface area contributed by atoms with Crippen LogP contribution in [0.3, 0.4) is 0 Å². The van der Waals surface area contributed by atoms with E-state index in [-0.39, 0.29) is 11.8 Å². The summed E-state index contributed by atoms with van der Waals surface area (Å²) >= 11 is 5.95. The first-order valence-corrected chi connectivity index (χ1v) is 8.73. The standard InChI is InChI=1S/C18H22ClN3O3/c1-24-8-6-18(23)22-7-5-13(11-22)17-10-15(20-21-17)12-25-16-4-2-3-14(19)9-16/h2-4,9-10,13H,5-8,11-12H2,1H3,(H,20,21). The van der Waals surface area contributed by atoms with Crippen molar-refractivity contribution in [3.05, 3.63) is 46.7 Å². The van der Waals surface area contributed by atoms with Crippen LogP contribution in [0.1, 0.15) is 30.1 Å². The van der Waals surface area contributed by atoms with Crippen LogP contribution in [-0.2, 0) is 16.1 Å². The molecule has 1 aromatic carbocycles. The number of hydrogen-bond acceptors (Lipinski definition) is 4. The Morgan fingerprint density at radius 3 is 3.12 bits per heavy atom. The number of aromatic nitrogens is 2. The highest BCUT2D eigenvalue weighted by molar-refractivity contribution is 6.30. The smallest absolute Gasteiger partial charge is 0.224 e. The number of aromatic amines is 1. The van der Waals surface area contributed by atoms with Crippen LogP contribution < -0.4 is 4.74 Å². The zero-order chi connectivity index (χ0) is 17.6. The Hall–Kier alpha value is -2.05. The maximum Gasteiger partial charge on any atom is 0.224 e. The Labute approximate surface area is 152 Å². The fraction of sp³-hybridized carbons (Fsp3) is 0.444. The van der Waals surface area contributed by atoms with Gasteiger partial charge in [-0.15, -0.1) is 0 Å². The molecule has 1 N–H and O–H groups in total. The van der Waals surface area contributed by atoms with E-state index in [1.807, 2.05) is 29.2 Å². The van der Waals surface area contributed by atoms with E-state index >= 15 is 0 Å². The summed E-state index contributed by atoms with van der Waals surface area (Å²) in [6.45, 7) is 2.35. The minimum atomic E-state index is 0.143. The number of amides is 1. The van der Waals surface area contributed by atoms with E-state index in [1.54, 1.807) is 13.2 Å². The normalized spacial score (nSPS) is 17.0. The number of H-pyrrole nitrogens is 1. The van der Waals surface area contributed by atoms with Crippen LogP contribution in [0.5, 0.6) is 5.75 Å². The van der Waals surface area contributed by atoms with Crippen LogP contribution in [0.4, 0.5) is 0 Å². The quantitative estimate of drug-likeness (QED) is 0.821. The molecule has 1 atom stereocenters. The van der Waals surface area contributed by atoms with Gasteiger partial charge in [0.05, 0.1) is 24.4 Å². The van der Waals surface area contributed by atoms with Crippen molar-refractivity contribution in [2.75, 3.05) is 26.8 Å². The maximum atomic E-state index is 12.1. The lowest BCUT2D eigenvalue weighted by molar-refractivity contribution is -0.131. The molecule has 1 amide bonds. The van der Waals surface area contributed by atoms with Crippen molar-refractivity contribution in [2.45, 2.75) is 25.4 Å². The Morgan fingerprint density at radius 1 is 1.44 bits per heavy atom. The zero-order valence-electron chi connectivity index (χ0n) is 14.2. The first-order valence-electron chi connectivity index (χ1n) is 8.35. The Kier molecular flexibility index (Phi) is 5.94. The summed E-state index contributed by atoms with van der Waals surface area (Å²) in [5.41, 5.74) is 1.88. The van der Waals surface area contributed by atoms with Crippen molar-refractivity contribution in [1.82, 2.24) is 15.1 Å². The van der Waals surface area contributed by atoms with Gasteiger partial charge in [-0.2, -0.15) is 5.10 Å². The summed E-state index contributed by atoms with van der Waals surface area (Å²) in [6, 6.07) is 9.31. The lowest BCUT2D eigenvalue weighted by Gasteiger charge is -2.15. The number of rotatable bonds is 7. The van der Waals surface area contributed by atoms with Gasteiger partial charge >= 0.3 is 0 Å². The predicted molar refractivity (Wildman–Crippen MR) is 94.8 cm³/mol. The first kappa shape index (κ1) is 17.8. The summed E-state index contributed by atoms with van der Waals surface area (Å²) in [7, 11) is 1.61. The van der Waals surface area contributed by atoms with Crippen molar-refractivity contribution >= 4 is 17.5 Å². The maximum absolute atomic E-state index is 12.1. The number of ether oxygens (including phenoxy) is 2. The van der Waals surface area contributed by atoms with E-state index in [2.05, 4.69) is 10.2 Å². The molecule has 7 heteroatoms. The van der Waals surface area contributed by atoms with Gasteiger partial charge in [0.15, 0.2) is 0 Å². The molecule has 1 saturated heterocycles. The van der Waals surface area contributed by atoms with E-state index < -0.39 is 0 Å². The number of carbonyl (C=O) groups excluding carboxylic acids is 1. The fourth-order valence-electron chi connectivity index (χ4n) is 2.96. The van der Waals surface area contributed by atoms with Gasteiger partial charge in [-0.1, -0.05) is 17.7 Å². The minimum absolute atomic E-state index is 0.143. The Bertz CT molecular complexity index is 719. The molecule has 1 aromatic heterocycles. The molecule has 3 rings (SSSR count). The van der Waals surface area contributed by atoms with Crippen LogP contribution in [0.15, 0.2) is 30.3 Å². The molecule has 1 unspecified atom stereocenters. The van der Waals surface area contributed by atoms with Crippen molar-refractivity contribution in [3.63, 3.8) is 0 Å². The second-order valence-electron chi connectivity index (χ2n) is 6.13. The number of hydrogen-bond donors (Lipinski definition) is 1. The summed E-state index contributed by atoms with van der Waals surface area (Å²) in [5.74, 6) is 1.13. The molecule has 25 heavy (non-hydrogen) atoms. The Morgan fingerprint density at radius 2 is 2.32 bits per heavy atom. The van der Waals surface area contributed by atoms with Gasteiger partial charge in [0.1, 0.15) is 12.4 Å². The monoisotopic (exact) mass is 363 g/mol. The minimum Gasteiger partial charge on any atom is -0.487 e. The zero-order valence-corrected chi connectivity index (χ0v) is 15.0. The predicted octanol–water partition coefficient (Wildman–Crippen LogP) is 2.99. The third-order valence-corrected chi connectivity index (χ3v) is 4.56. The molecule has 0 bridgehead atoms. The van der Waals surface area contributed by atoms with E-state index in [9.17, 15) is 4.79 Å². The highest BCUT2D eigenvalue weighted by Crippen LogP contribution is 2.27. The molecule has 1 aliphatic heterocycles. The average Bonchev–Trinajstić information content (AvgIpc) is 3.27. The van der Waals surface area contributed by atoms with E-state index in [0.29, 0.717) is 31.2 Å². The number of nitrogens with zero attached hydrogens (tertiary/aromatic N) is 2. The van der Waals surface area contributed by atoms with Gasteiger partial charge in [0.2, 0.25) is 5.91 Å². The molecular formula is C18H22ClN3O3. The second-order valence-corrected chi connectivity index (χ2v) is 6.57. The number of carbonyl (C=O) groups is 1. The van der Waals surface area contributed by atoms with Gasteiger partial charge < -0.3 is 14.4 Å². The number of benzene rings is 1. The van der Waals surface area contributed by atoms with Crippen molar-refractivity contribution < 1.29 is 14.3 Å². The van der Waals surface area contributed by atoms with Gasteiger partial charge in [-0.25, -0.2) is 0 Å². The van der Waals surface area contributed by atoms with E-state index in [4.69, 9.17) is 21.1 Å². The molecule has 0 saturated carbocycles. The molecular weight excluding hydrogens is 342 g/mol. The van der Waals surface area contributed by atoms with Crippen LogP contribution in [0.2, 0.25) is 5.02 Å². The van der Waals surface area contributed by atoms with Crippen LogP contribution in [-0.4, -0.2) is 47.8 Å². The number of nitrogens with one attached hydrogen (secondary N) is 1. The van der Waals surface area contributed by atoms with Crippen molar-refractivity contribution in [3.8, 4) is 5.75 Å². The molecule has 1 fully saturated rings. The molecule has 1 aliphatic rings. The fourth-order valence-corrected chi connectivity index (χ4v) is 3.14. The summed E-state index contributed by atoms with van der Waals surface area (Å²) < 4.78 is 10.7. The highest BCUT2D eigenvalue weighted by atomic mass is 35.5. The third kappa shape index (κ3) is 4.74. The lowest BCUT2D eigenvalue weighted by atomic mass is 10.1. The van der Waals surface area contributed by atoms with Gasteiger partial charge in [0.25, 0.3) is 0 Å². The molecule has 2 aromatic rings. The van der Waals surface area contributed by atoms with E-state index in [1.165, 1.54) is 0 Å². The first-order chi connectivity index (χ1) is 12.2.